The summed E-state index contributed by atoms with van der Waals surface area (Å²) in [5, 5.41) is 4.16. The fourth-order valence-corrected chi connectivity index (χ4v) is 2.33. The molecule has 0 aliphatic carbocycles. The Morgan fingerprint density at radius 1 is 1.22 bits per heavy atom. The van der Waals surface area contributed by atoms with Gasteiger partial charge in [0, 0.05) is 23.0 Å². The highest BCUT2D eigenvalue weighted by Crippen LogP contribution is 2.24. The molecule has 0 bridgehead atoms. The van der Waals surface area contributed by atoms with Crippen LogP contribution >= 0.6 is 11.6 Å². The molecule has 1 N–H and O–H groups in total. The highest BCUT2D eigenvalue weighted by atomic mass is 35.5. The number of likely N-dealkylation sites (N-methyl/N-ethyl adjacent to an activating group) is 1. The van der Waals surface area contributed by atoms with E-state index in [0.717, 1.165) is 22.7 Å². The van der Waals surface area contributed by atoms with Crippen LogP contribution in [0.4, 0.5) is 0 Å². The number of benzene rings is 1. The second-order valence-electron chi connectivity index (χ2n) is 4.31. The molecule has 2 nitrogen and oxygen atoms in total. The average molecular weight is 261 g/mol. The molecule has 2 aromatic rings. The maximum absolute atomic E-state index is 6.21. The Kier molecular flexibility index (Phi) is 4.34. The van der Waals surface area contributed by atoms with Gasteiger partial charge < -0.3 is 5.32 Å². The molecule has 1 heterocycles. The number of aromatic nitrogens is 1. The van der Waals surface area contributed by atoms with E-state index in [1.165, 1.54) is 5.56 Å². The van der Waals surface area contributed by atoms with Gasteiger partial charge in [-0.05, 0) is 43.7 Å². The molecule has 0 saturated heterocycles. The van der Waals surface area contributed by atoms with Crippen molar-refractivity contribution in [3.63, 3.8) is 0 Å². The summed E-state index contributed by atoms with van der Waals surface area (Å²) in [5.74, 6) is 0. The van der Waals surface area contributed by atoms with Crippen LogP contribution in [0.3, 0.4) is 0 Å². The van der Waals surface area contributed by atoms with Crippen LogP contribution in [0.1, 0.15) is 22.9 Å². The van der Waals surface area contributed by atoms with Gasteiger partial charge in [-0.2, -0.15) is 0 Å². The smallest absolute Gasteiger partial charge is 0.0438 e. The van der Waals surface area contributed by atoms with Gasteiger partial charge in [-0.15, -0.1) is 0 Å². The van der Waals surface area contributed by atoms with E-state index in [2.05, 4.69) is 22.4 Å². The molecule has 0 spiro atoms. The van der Waals surface area contributed by atoms with E-state index in [1.54, 1.807) is 0 Å². The minimum absolute atomic E-state index is 0.235. The van der Waals surface area contributed by atoms with Crippen LogP contribution in [0.5, 0.6) is 0 Å². The standard InChI is InChI=1S/C15H17ClN2/c1-11-13(7-5-9-18-11)15(17-2)10-12-6-3-4-8-14(12)16/h3-9,15,17H,10H2,1-2H3. The molecule has 1 atom stereocenters. The Morgan fingerprint density at radius 2 is 2.00 bits per heavy atom. The fourth-order valence-electron chi connectivity index (χ4n) is 2.12. The monoisotopic (exact) mass is 260 g/mol. The first-order chi connectivity index (χ1) is 8.72. The summed E-state index contributed by atoms with van der Waals surface area (Å²) in [7, 11) is 1.97. The molecule has 1 unspecified atom stereocenters. The van der Waals surface area contributed by atoms with E-state index in [4.69, 9.17) is 11.6 Å². The van der Waals surface area contributed by atoms with Crippen LogP contribution < -0.4 is 5.32 Å². The van der Waals surface area contributed by atoms with Gasteiger partial charge in [-0.1, -0.05) is 35.9 Å². The maximum Gasteiger partial charge on any atom is 0.0438 e. The zero-order valence-electron chi connectivity index (χ0n) is 10.7. The second kappa shape index (κ2) is 5.98. The predicted octanol–water partition coefficient (Wildman–Crippen LogP) is 3.55. The molecule has 0 fully saturated rings. The first-order valence-electron chi connectivity index (χ1n) is 6.04. The lowest BCUT2D eigenvalue weighted by atomic mass is 9.98. The third-order valence-corrected chi connectivity index (χ3v) is 3.52. The van der Waals surface area contributed by atoms with Crippen LogP contribution in [0.2, 0.25) is 5.02 Å². The molecule has 1 aromatic carbocycles. The predicted molar refractivity (Wildman–Crippen MR) is 75.9 cm³/mol. The number of nitrogens with one attached hydrogen (secondary N) is 1. The zero-order valence-corrected chi connectivity index (χ0v) is 11.4. The van der Waals surface area contributed by atoms with Crippen molar-refractivity contribution in [3.8, 4) is 0 Å². The molecular formula is C15H17ClN2. The summed E-state index contributed by atoms with van der Waals surface area (Å²) in [4.78, 5) is 4.34. The lowest BCUT2D eigenvalue weighted by molar-refractivity contribution is 0.586. The van der Waals surface area contributed by atoms with Crippen LogP contribution in [-0.4, -0.2) is 12.0 Å². The van der Waals surface area contributed by atoms with Gasteiger partial charge in [0.15, 0.2) is 0 Å². The van der Waals surface area contributed by atoms with Crippen molar-refractivity contribution in [2.75, 3.05) is 7.05 Å². The van der Waals surface area contributed by atoms with Gasteiger partial charge in [0.1, 0.15) is 0 Å². The number of nitrogens with zero attached hydrogens (tertiary/aromatic N) is 1. The van der Waals surface area contributed by atoms with Crippen molar-refractivity contribution in [2.45, 2.75) is 19.4 Å². The lowest BCUT2D eigenvalue weighted by Gasteiger charge is -2.18. The summed E-state index contributed by atoms with van der Waals surface area (Å²) in [6, 6.07) is 12.3. The SMILES string of the molecule is CNC(Cc1ccccc1Cl)c1cccnc1C. The maximum atomic E-state index is 6.21. The highest BCUT2D eigenvalue weighted by Gasteiger charge is 2.14. The van der Waals surface area contributed by atoms with Gasteiger partial charge in [0.25, 0.3) is 0 Å². The third-order valence-electron chi connectivity index (χ3n) is 3.15. The number of pyridine rings is 1. The van der Waals surface area contributed by atoms with Gasteiger partial charge in [-0.25, -0.2) is 0 Å². The summed E-state index contributed by atoms with van der Waals surface area (Å²) < 4.78 is 0. The molecule has 0 radical (unpaired) electrons. The topological polar surface area (TPSA) is 24.9 Å². The number of hydrogen-bond acceptors (Lipinski definition) is 2. The minimum atomic E-state index is 0.235. The van der Waals surface area contributed by atoms with E-state index >= 15 is 0 Å². The Morgan fingerprint density at radius 3 is 2.67 bits per heavy atom. The van der Waals surface area contributed by atoms with Crippen LogP contribution in [-0.2, 0) is 6.42 Å². The van der Waals surface area contributed by atoms with Crippen LogP contribution in [0.25, 0.3) is 0 Å². The molecule has 94 valence electrons. The molecule has 0 amide bonds. The van der Waals surface area contributed by atoms with Crippen molar-refractivity contribution in [2.24, 2.45) is 0 Å². The fraction of sp³-hybridized carbons (Fsp3) is 0.267. The zero-order chi connectivity index (χ0) is 13.0. The van der Waals surface area contributed by atoms with Crippen molar-refractivity contribution >= 4 is 11.6 Å². The van der Waals surface area contributed by atoms with E-state index in [0.29, 0.717) is 0 Å². The van der Waals surface area contributed by atoms with Crippen LogP contribution in [0, 0.1) is 6.92 Å². The molecule has 3 heteroatoms. The summed E-state index contributed by atoms with van der Waals surface area (Å²) in [5.41, 5.74) is 3.44. The number of halogens is 1. The summed E-state index contributed by atoms with van der Waals surface area (Å²) >= 11 is 6.21. The molecule has 2 rings (SSSR count). The van der Waals surface area contributed by atoms with E-state index < -0.39 is 0 Å². The lowest BCUT2D eigenvalue weighted by Crippen LogP contribution is -2.20. The minimum Gasteiger partial charge on any atom is -0.313 e. The van der Waals surface area contributed by atoms with E-state index in [1.807, 2.05) is 44.4 Å². The number of aryl methyl sites for hydroxylation is 1. The Hall–Kier alpha value is -1.38. The number of rotatable bonds is 4. The highest BCUT2D eigenvalue weighted by molar-refractivity contribution is 6.31. The van der Waals surface area contributed by atoms with Crippen molar-refractivity contribution in [3.05, 3.63) is 64.4 Å². The second-order valence-corrected chi connectivity index (χ2v) is 4.72. The van der Waals surface area contributed by atoms with Crippen molar-refractivity contribution < 1.29 is 0 Å². The van der Waals surface area contributed by atoms with Gasteiger partial charge in [-0.3, -0.25) is 4.98 Å². The van der Waals surface area contributed by atoms with E-state index in [-0.39, 0.29) is 6.04 Å². The van der Waals surface area contributed by atoms with Crippen LogP contribution in [0.15, 0.2) is 42.6 Å². The largest absolute Gasteiger partial charge is 0.313 e. The molecule has 0 aliphatic rings. The first-order valence-corrected chi connectivity index (χ1v) is 6.42. The summed E-state index contributed by atoms with van der Waals surface area (Å²) in [6.07, 6.45) is 2.68. The Balaban J connectivity index is 2.26. The molecule has 0 aliphatic heterocycles. The van der Waals surface area contributed by atoms with Gasteiger partial charge in [0.2, 0.25) is 0 Å². The van der Waals surface area contributed by atoms with Gasteiger partial charge in [0.05, 0.1) is 0 Å². The Bertz CT molecular complexity index is 525. The first kappa shape index (κ1) is 13.1. The van der Waals surface area contributed by atoms with Crippen molar-refractivity contribution in [1.29, 1.82) is 0 Å². The molecular weight excluding hydrogens is 244 g/mol. The van der Waals surface area contributed by atoms with Crippen molar-refractivity contribution in [1.82, 2.24) is 10.3 Å². The molecule has 0 saturated carbocycles. The third kappa shape index (κ3) is 2.89. The molecule has 18 heavy (non-hydrogen) atoms. The number of hydrogen-bond donors (Lipinski definition) is 1. The normalized spacial score (nSPS) is 12.4. The molecule has 1 aromatic heterocycles. The Labute approximate surface area is 113 Å². The van der Waals surface area contributed by atoms with E-state index in [9.17, 15) is 0 Å². The summed E-state index contributed by atoms with van der Waals surface area (Å²) in [6.45, 7) is 2.03. The quantitative estimate of drug-likeness (QED) is 0.910. The average Bonchev–Trinajstić information content (AvgIpc) is 2.39. The van der Waals surface area contributed by atoms with Gasteiger partial charge >= 0.3 is 0 Å².